The van der Waals surface area contributed by atoms with Crippen molar-refractivity contribution < 1.29 is 4.79 Å². The number of hydrogen-bond donors (Lipinski definition) is 0. The van der Waals surface area contributed by atoms with E-state index >= 15 is 0 Å². The maximum Gasteiger partial charge on any atom is 0.251 e. The Bertz CT molecular complexity index is 1140. The maximum atomic E-state index is 13.3. The van der Waals surface area contributed by atoms with E-state index < -0.39 is 0 Å². The van der Waals surface area contributed by atoms with Gasteiger partial charge in [0.25, 0.3) is 5.91 Å². The monoisotopic (exact) mass is 445 g/mol. The quantitative estimate of drug-likeness (QED) is 0.634. The number of nitrogens with zero attached hydrogens (tertiary/aromatic N) is 5. The van der Waals surface area contributed by atoms with Crippen LogP contribution in [0.5, 0.6) is 0 Å². The zero-order chi connectivity index (χ0) is 23.1. The molecule has 2 fully saturated rings. The third kappa shape index (κ3) is 4.54. The number of piperidine rings is 1. The van der Waals surface area contributed by atoms with Gasteiger partial charge in [-0.2, -0.15) is 5.10 Å². The number of amides is 1. The molecule has 6 heteroatoms. The summed E-state index contributed by atoms with van der Waals surface area (Å²) in [6.07, 6.45) is 16.1. The van der Waals surface area contributed by atoms with E-state index in [0.717, 1.165) is 40.6 Å². The lowest BCUT2D eigenvalue weighted by Crippen LogP contribution is -2.38. The highest BCUT2D eigenvalue weighted by Crippen LogP contribution is 2.34. The highest BCUT2D eigenvalue weighted by atomic mass is 16.2. The van der Waals surface area contributed by atoms with Crippen LogP contribution in [-0.4, -0.2) is 55.5 Å². The lowest BCUT2D eigenvalue weighted by molar-refractivity contribution is -0.124. The van der Waals surface area contributed by atoms with Crippen molar-refractivity contribution in [2.75, 3.05) is 13.1 Å². The van der Waals surface area contributed by atoms with Gasteiger partial charge in [-0.15, -0.1) is 0 Å². The molecular weight excluding hydrogens is 410 g/mol. The lowest BCUT2D eigenvalue weighted by atomic mass is 9.87. The van der Waals surface area contributed by atoms with E-state index in [1.54, 1.807) is 6.08 Å². The average molecular weight is 446 g/mol. The number of aromatic nitrogens is 3. The summed E-state index contributed by atoms with van der Waals surface area (Å²) in [6, 6.07) is 2.94. The van der Waals surface area contributed by atoms with E-state index in [1.165, 1.54) is 44.3 Å². The van der Waals surface area contributed by atoms with Crippen LogP contribution in [0.3, 0.4) is 0 Å². The molecule has 1 saturated carbocycles. The first-order valence-electron chi connectivity index (χ1n) is 12.4. The number of carbonyl (C=O) groups excluding carboxylic acids is 1. The average Bonchev–Trinajstić information content (AvgIpc) is 3.57. The number of fused-ring (bicyclic) bond motifs is 1. The topological polar surface area (TPSA) is 53.7 Å². The summed E-state index contributed by atoms with van der Waals surface area (Å²) in [4.78, 5) is 22.4. The van der Waals surface area contributed by atoms with Crippen molar-refractivity contribution in [2.45, 2.75) is 71.9 Å². The molecule has 1 amide bonds. The highest BCUT2D eigenvalue weighted by molar-refractivity contribution is 5.95. The van der Waals surface area contributed by atoms with Crippen molar-refractivity contribution in [3.05, 3.63) is 59.3 Å². The molecule has 0 bridgehead atoms. The fourth-order valence-corrected chi connectivity index (χ4v) is 5.18. The Balaban J connectivity index is 1.33. The van der Waals surface area contributed by atoms with Crippen LogP contribution in [0.4, 0.5) is 0 Å². The van der Waals surface area contributed by atoms with E-state index in [2.05, 4.69) is 42.1 Å². The summed E-state index contributed by atoms with van der Waals surface area (Å²) in [5.74, 6) is 0.560. The molecular formula is C27H35N5O. The molecule has 3 aliphatic rings. The van der Waals surface area contributed by atoms with Gasteiger partial charge in [0.1, 0.15) is 0 Å². The molecule has 2 aliphatic heterocycles. The Morgan fingerprint density at radius 1 is 1.21 bits per heavy atom. The number of rotatable bonds is 5. The van der Waals surface area contributed by atoms with E-state index in [-0.39, 0.29) is 11.9 Å². The first kappa shape index (κ1) is 22.1. The van der Waals surface area contributed by atoms with E-state index in [1.807, 2.05) is 35.5 Å². The van der Waals surface area contributed by atoms with Gasteiger partial charge in [0.15, 0.2) is 0 Å². The zero-order valence-corrected chi connectivity index (χ0v) is 20.3. The van der Waals surface area contributed by atoms with Crippen LogP contribution >= 0.6 is 0 Å². The Morgan fingerprint density at radius 3 is 2.67 bits per heavy atom. The smallest absolute Gasteiger partial charge is 0.251 e. The maximum absolute atomic E-state index is 13.3. The summed E-state index contributed by atoms with van der Waals surface area (Å²) < 4.78 is 1.89. The van der Waals surface area contributed by atoms with Gasteiger partial charge in [-0.3, -0.25) is 9.78 Å². The second-order valence-corrected chi connectivity index (χ2v) is 9.89. The fraction of sp³-hybridized carbons (Fsp3) is 0.519. The van der Waals surface area contributed by atoms with Crippen LogP contribution in [-0.2, 0) is 11.2 Å². The summed E-state index contributed by atoms with van der Waals surface area (Å²) in [6.45, 7) is 10.5. The predicted molar refractivity (Wildman–Crippen MR) is 132 cm³/mol. The van der Waals surface area contributed by atoms with Crippen molar-refractivity contribution in [2.24, 2.45) is 5.92 Å². The summed E-state index contributed by atoms with van der Waals surface area (Å²) in [5.41, 5.74) is 5.97. The van der Waals surface area contributed by atoms with Gasteiger partial charge >= 0.3 is 0 Å². The van der Waals surface area contributed by atoms with E-state index in [0.29, 0.717) is 5.92 Å². The molecule has 6 nitrogen and oxygen atoms in total. The highest BCUT2D eigenvalue weighted by Gasteiger charge is 2.33. The van der Waals surface area contributed by atoms with Crippen LogP contribution in [0, 0.1) is 12.8 Å². The standard InChI is InChI=1S/C27H35N5O/c1-5-24-26-15-25(29-32(26)16-19(3)28-24)18(2)14-27(33)31-17-22(7-6-20(31)4)21-10-12-30(13-11-21)23-8-9-23/h6-7,14-17,20-21,23H,5,8-13H2,1-4H3/b18-14+. The number of carbonyl (C=O) groups is 1. The number of allylic oxidation sites excluding steroid dienone is 3. The molecule has 0 radical (unpaired) electrons. The molecule has 4 heterocycles. The molecule has 1 aliphatic carbocycles. The zero-order valence-electron chi connectivity index (χ0n) is 20.3. The van der Waals surface area contributed by atoms with Crippen molar-refractivity contribution in [1.29, 1.82) is 0 Å². The van der Waals surface area contributed by atoms with Crippen molar-refractivity contribution in [1.82, 2.24) is 24.4 Å². The molecule has 2 aromatic rings. The molecule has 1 saturated heterocycles. The van der Waals surface area contributed by atoms with Crippen LogP contribution < -0.4 is 0 Å². The third-order valence-electron chi connectivity index (χ3n) is 7.34. The van der Waals surface area contributed by atoms with Crippen molar-refractivity contribution in [3.8, 4) is 0 Å². The van der Waals surface area contributed by atoms with Crippen LogP contribution in [0.2, 0.25) is 0 Å². The van der Waals surface area contributed by atoms with Crippen molar-refractivity contribution >= 4 is 17.0 Å². The molecule has 1 unspecified atom stereocenters. The molecule has 0 spiro atoms. The lowest BCUT2D eigenvalue weighted by Gasteiger charge is -2.35. The SMILES string of the molecule is CCc1nc(C)cn2nc(/C(C)=C/C(=O)N3C=C(C4CCN(C5CC5)CC4)C=CC3C)cc12. The Morgan fingerprint density at radius 2 is 1.97 bits per heavy atom. The number of hydrogen-bond acceptors (Lipinski definition) is 4. The summed E-state index contributed by atoms with van der Waals surface area (Å²) >= 11 is 0. The van der Waals surface area contributed by atoms with Gasteiger partial charge in [0.05, 0.1) is 34.8 Å². The Hall–Kier alpha value is -2.73. The largest absolute Gasteiger partial charge is 0.309 e. The minimum atomic E-state index is 0.0133. The first-order valence-corrected chi connectivity index (χ1v) is 12.4. The van der Waals surface area contributed by atoms with E-state index in [9.17, 15) is 4.79 Å². The second-order valence-electron chi connectivity index (χ2n) is 9.89. The van der Waals surface area contributed by atoms with E-state index in [4.69, 9.17) is 5.10 Å². The Kier molecular flexibility index (Phi) is 5.95. The summed E-state index contributed by atoms with van der Waals surface area (Å²) in [5, 5.41) is 4.72. The van der Waals surface area contributed by atoms with Gasteiger partial charge in [-0.05, 0) is 89.1 Å². The normalized spacial score (nSPS) is 22.8. The van der Waals surface area contributed by atoms with Crippen LogP contribution in [0.25, 0.3) is 11.1 Å². The van der Waals surface area contributed by atoms with Crippen LogP contribution in [0.15, 0.2) is 42.3 Å². The number of likely N-dealkylation sites (tertiary alicyclic amines) is 1. The van der Waals surface area contributed by atoms with Crippen molar-refractivity contribution in [3.63, 3.8) is 0 Å². The molecule has 1 atom stereocenters. The van der Waals surface area contributed by atoms with Gasteiger partial charge < -0.3 is 9.80 Å². The van der Waals surface area contributed by atoms with Gasteiger partial charge in [0, 0.05) is 18.3 Å². The van der Waals surface area contributed by atoms with Gasteiger partial charge in [-0.25, -0.2) is 4.52 Å². The Labute approximate surface area is 196 Å². The molecule has 5 rings (SSSR count). The molecule has 2 aromatic heterocycles. The van der Waals surface area contributed by atoms with Gasteiger partial charge in [0.2, 0.25) is 0 Å². The number of aryl methyl sites for hydroxylation is 2. The fourth-order valence-electron chi connectivity index (χ4n) is 5.18. The second kappa shape index (κ2) is 8.90. The summed E-state index contributed by atoms with van der Waals surface area (Å²) in [7, 11) is 0. The van der Waals surface area contributed by atoms with Gasteiger partial charge in [-0.1, -0.05) is 19.1 Å². The minimum Gasteiger partial charge on any atom is -0.309 e. The molecule has 174 valence electrons. The minimum absolute atomic E-state index is 0.0133. The molecule has 33 heavy (non-hydrogen) atoms. The molecule has 0 N–H and O–H groups in total. The first-order chi connectivity index (χ1) is 15.9. The predicted octanol–water partition coefficient (Wildman–Crippen LogP) is 4.55. The molecule has 0 aromatic carbocycles. The van der Waals surface area contributed by atoms with Crippen LogP contribution in [0.1, 0.15) is 63.5 Å². The third-order valence-corrected chi connectivity index (χ3v) is 7.34.